The molecule has 0 aliphatic rings. The molecule has 0 amide bonds. The summed E-state index contributed by atoms with van der Waals surface area (Å²) in [4.78, 5) is 4.08. The minimum atomic E-state index is 0.576. The van der Waals surface area contributed by atoms with E-state index >= 15 is 0 Å². The van der Waals surface area contributed by atoms with Gasteiger partial charge in [0.2, 0.25) is 0 Å². The van der Waals surface area contributed by atoms with Crippen LogP contribution in [0.5, 0.6) is 5.75 Å². The number of rotatable bonds is 5. The van der Waals surface area contributed by atoms with Gasteiger partial charge < -0.3 is 9.30 Å². The molecule has 0 aliphatic carbocycles. The van der Waals surface area contributed by atoms with Crippen molar-refractivity contribution in [2.45, 2.75) is 20.1 Å². The molecule has 1 heterocycles. The lowest BCUT2D eigenvalue weighted by atomic mass is 10.1. The lowest BCUT2D eigenvalue weighted by molar-refractivity contribution is 0.304. The molecule has 0 radical (unpaired) electrons. The Hall–Kier alpha value is -3.07. The first kappa shape index (κ1) is 15.5. The highest BCUT2D eigenvalue weighted by Gasteiger charge is 2.04. The third kappa shape index (κ3) is 3.56. The maximum absolute atomic E-state index is 6.04. The number of fused-ring (bicyclic) bond motifs is 1. The van der Waals surface area contributed by atoms with Crippen molar-refractivity contribution < 1.29 is 4.74 Å². The predicted molar refractivity (Wildman–Crippen MR) is 101 cm³/mol. The molecule has 3 aromatic carbocycles. The fourth-order valence-corrected chi connectivity index (χ4v) is 3.05. The van der Waals surface area contributed by atoms with Crippen molar-refractivity contribution in [2.24, 2.45) is 0 Å². The molecule has 3 nitrogen and oxygen atoms in total. The molecule has 0 saturated carbocycles. The van der Waals surface area contributed by atoms with Crippen LogP contribution in [0.1, 0.15) is 16.7 Å². The third-order valence-electron chi connectivity index (χ3n) is 4.37. The first-order valence-electron chi connectivity index (χ1n) is 8.44. The number of ether oxygens (including phenoxy) is 1. The Bertz CT molecular complexity index is 990. The number of imidazole rings is 1. The van der Waals surface area contributed by atoms with Gasteiger partial charge >= 0.3 is 0 Å². The van der Waals surface area contributed by atoms with Crippen molar-refractivity contribution in [3.05, 3.63) is 96.1 Å². The summed E-state index contributed by atoms with van der Waals surface area (Å²) in [5.74, 6) is 0.933. The fraction of sp³-hybridized carbons (Fsp3) is 0.136. The highest BCUT2D eigenvalue weighted by molar-refractivity contribution is 5.82. The summed E-state index contributed by atoms with van der Waals surface area (Å²) >= 11 is 0. The second kappa shape index (κ2) is 6.81. The van der Waals surface area contributed by atoms with Gasteiger partial charge in [-0.25, -0.2) is 4.98 Å². The van der Waals surface area contributed by atoms with E-state index in [2.05, 4.69) is 77.1 Å². The molecule has 25 heavy (non-hydrogen) atoms. The number of hydrogen-bond acceptors (Lipinski definition) is 2. The minimum Gasteiger partial charge on any atom is -0.489 e. The van der Waals surface area contributed by atoms with E-state index in [1.165, 1.54) is 21.9 Å². The first-order chi connectivity index (χ1) is 12.3. The summed E-state index contributed by atoms with van der Waals surface area (Å²) in [5, 5.41) is 2.50. The molecule has 3 heteroatoms. The van der Waals surface area contributed by atoms with E-state index in [1.807, 2.05) is 12.5 Å². The van der Waals surface area contributed by atoms with E-state index in [0.717, 1.165) is 17.9 Å². The number of hydrogen-bond donors (Lipinski definition) is 0. The molecule has 0 atom stereocenters. The van der Waals surface area contributed by atoms with Gasteiger partial charge in [-0.05, 0) is 46.5 Å². The van der Waals surface area contributed by atoms with Crippen LogP contribution >= 0.6 is 0 Å². The van der Waals surface area contributed by atoms with E-state index < -0.39 is 0 Å². The molecule has 0 spiro atoms. The summed E-state index contributed by atoms with van der Waals surface area (Å²) in [5.41, 5.74) is 3.58. The van der Waals surface area contributed by atoms with Crippen molar-refractivity contribution in [1.29, 1.82) is 0 Å². The maximum Gasteiger partial charge on any atom is 0.122 e. The number of aryl methyl sites for hydroxylation is 1. The zero-order valence-corrected chi connectivity index (χ0v) is 14.2. The molecule has 0 unspecified atom stereocenters. The molecule has 124 valence electrons. The maximum atomic E-state index is 6.04. The predicted octanol–water partition coefficient (Wildman–Crippen LogP) is 4.97. The van der Waals surface area contributed by atoms with Gasteiger partial charge in [-0.3, -0.25) is 0 Å². The number of benzene rings is 3. The normalized spacial score (nSPS) is 10.9. The van der Waals surface area contributed by atoms with Crippen LogP contribution in [0.15, 0.2) is 79.4 Å². The summed E-state index contributed by atoms with van der Waals surface area (Å²) in [6.45, 7) is 3.49. The van der Waals surface area contributed by atoms with Crippen LogP contribution in [0.3, 0.4) is 0 Å². The Balaban J connectivity index is 1.46. The Morgan fingerprint density at radius 2 is 1.76 bits per heavy atom. The Morgan fingerprint density at radius 1 is 0.920 bits per heavy atom. The summed E-state index contributed by atoms with van der Waals surface area (Å²) in [6.07, 6.45) is 5.60. The molecule has 0 saturated heterocycles. The molecule has 0 N–H and O–H groups in total. The van der Waals surface area contributed by atoms with Gasteiger partial charge in [-0.15, -0.1) is 0 Å². The second-order valence-electron chi connectivity index (χ2n) is 6.31. The minimum absolute atomic E-state index is 0.576. The zero-order chi connectivity index (χ0) is 17.1. The van der Waals surface area contributed by atoms with E-state index in [1.54, 1.807) is 6.20 Å². The van der Waals surface area contributed by atoms with Gasteiger partial charge in [0.05, 0.1) is 6.33 Å². The Morgan fingerprint density at radius 3 is 2.56 bits per heavy atom. The van der Waals surface area contributed by atoms with Crippen LogP contribution < -0.4 is 4.74 Å². The van der Waals surface area contributed by atoms with Crippen molar-refractivity contribution in [2.75, 3.05) is 0 Å². The van der Waals surface area contributed by atoms with Gasteiger partial charge in [0, 0.05) is 18.9 Å². The van der Waals surface area contributed by atoms with Gasteiger partial charge in [-0.2, -0.15) is 0 Å². The van der Waals surface area contributed by atoms with Gasteiger partial charge in [0.25, 0.3) is 0 Å². The van der Waals surface area contributed by atoms with Crippen molar-refractivity contribution >= 4 is 10.8 Å². The molecule has 0 bridgehead atoms. The topological polar surface area (TPSA) is 27.1 Å². The highest BCUT2D eigenvalue weighted by Crippen LogP contribution is 2.22. The fourth-order valence-electron chi connectivity index (χ4n) is 3.05. The quantitative estimate of drug-likeness (QED) is 0.517. The average Bonchev–Trinajstić information content (AvgIpc) is 3.14. The van der Waals surface area contributed by atoms with Gasteiger partial charge in [-0.1, -0.05) is 48.5 Å². The third-order valence-corrected chi connectivity index (χ3v) is 4.37. The van der Waals surface area contributed by atoms with Crippen LogP contribution in [-0.2, 0) is 13.2 Å². The van der Waals surface area contributed by atoms with Crippen LogP contribution in [0, 0.1) is 6.92 Å². The van der Waals surface area contributed by atoms with Crippen LogP contribution in [0.4, 0.5) is 0 Å². The SMILES string of the molecule is Cc1cc(Cn2ccnc2)ccc1OCc1ccc2ccccc2c1. The van der Waals surface area contributed by atoms with E-state index in [-0.39, 0.29) is 0 Å². The number of aromatic nitrogens is 2. The van der Waals surface area contributed by atoms with Crippen molar-refractivity contribution in [3.8, 4) is 5.75 Å². The molecule has 4 rings (SSSR count). The van der Waals surface area contributed by atoms with Crippen LogP contribution in [0.25, 0.3) is 10.8 Å². The molecular weight excluding hydrogens is 308 g/mol. The van der Waals surface area contributed by atoms with E-state index in [4.69, 9.17) is 4.74 Å². The molecule has 4 aromatic rings. The highest BCUT2D eigenvalue weighted by atomic mass is 16.5. The second-order valence-corrected chi connectivity index (χ2v) is 6.31. The standard InChI is InChI=1S/C22H20N2O/c1-17-12-18(14-24-11-10-23-16-24)7-9-22(17)25-15-19-6-8-20-4-2-3-5-21(20)13-19/h2-13,16H,14-15H2,1H3. The monoisotopic (exact) mass is 328 g/mol. The average molecular weight is 328 g/mol. The smallest absolute Gasteiger partial charge is 0.122 e. The largest absolute Gasteiger partial charge is 0.489 e. The first-order valence-corrected chi connectivity index (χ1v) is 8.44. The molecule has 1 aromatic heterocycles. The van der Waals surface area contributed by atoms with Crippen molar-refractivity contribution in [1.82, 2.24) is 9.55 Å². The van der Waals surface area contributed by atoms with E-state index in [9.17, 15) is 0 Å². The van der Waals surface area contributed by atoms with Gasteiger partial charge in [0.1, 0.15) is 12.4 Å². The summed E-state index contributed by atoms with van der Waals surface area (Å²) in [6, 6.07) is 21.2. The number of nitrogens with zero attached hydrogens (tertiary/aromatic N) is 2. The van der Waals surface area contributed by atoms with E-state index in [0.29, 0.717) is 6.61 Å². The van der Waals surface area contributed by atoms with Gasteiger partial charge in [0.15, 0.2) is 0 Å². The molecule has 0 fully saturated rings. The van der Waals surface area contributed by atoms with Crippen LogP contribution in [-0.4, -0.2) is 9.55 Å². The van der Waals surface area contributed by atoms with Crippen molar-refractivity contribution in [3.63, 3.8) is 0 Å². The Kier molecular flexibility index (Phi) is 4.21. The molecular formula is C22H20N2O. The lowest BCUT2D eigenvalue weighted by Gasteiger charge is -2.12. The summed E-state index contributed by atoms with van der Waals surface area (Å²) in [7, 11) is 0. The summed E-state index contributed by atoms with van der Waals surface area (Å²) < 4.78 is 8.10. The van der Waals surface area contributed by atoms with Crippen LogP contribution in [0.2, 0.25) is 0 Å². The Labute approximate surface area is 147 Å². The zero-order valence-electron chi connectivity index (χ0n) is 14.2. The molecule has 0 aliphatic heterocycles. The lowest BCUT2D eigenvalue weighted by Crippen LogP contribution is -2.00.